The number of ether oxygens (including phenoxy) is 2. The lowest BCUT2D eigenvalue weighted by Gasteiger charge is -2.19. The van der Waals surface area contributed by atoms with Crippen molar-refractivity contribution in [2.24, 2.45) is 17.6 Å². The maximum absolute atomic E-state index is 12.5. The largest absolute Gasteiger partial charge is 0.465 e. The summed E-state index contributed by atoms with van der Waals surface area (Å²) in [5.41, 5.74) is 11.7. The maximum Gasteiger partial charge on any atom is 0.323 e. The number of nitrogens with zero attached hydrogens (tertiary/aromatic N) is 2. The summed E-state index contributed by atoms with van der Waals surface area (Å²) in [6.07, 6.45) is 19.3. The van der Waals surface area contributed by atoms with Crippen LogP contribution in [-0.4, -0.2) is 51.1 Å². The minimum absolute atomic E-state index is 0.0137. The maximum atomic E-state index is 12.5. The molecular weight excluding hydrogens is 548 g/mol. The van der Waals surface area contributed by atoms with Crippen LogP contribution in [0, 0.1) is 11.8 Å². The van der Waals surface area contributed by atoms with Gasteiger partial charge in [0, 0.05) is 18.8 Å². The van der Waals surface area contributed by atoms with E-state index in [2.05, 4.69) is 39.0 Å². The molecule has 0 spiro atoms. The number of carbonyl (C=O) groups is 2. The summed E-state index contributed by atoms with van der Waals surface area (Å²) in [5.74, 6) is -0.391. The Morgan fingerprint density at radius 3 is 2.30 bits per heavy atom. The van der Waals surface area contributed by atoms with Gasteiger partial charge in [-0.3, -0.25) is 19.4 Å². The van der Waals surface area contributed by atoms with Crippen LogP contribution in [0.1, 0.15) is 116 Å². The number of esters is 2. The van der Waals surface area contributed by atoms with E-state index in [0.717, 1.165) is 38.5 Å². The van der Waals surface area contributed by atoms with Crippen molar-refractivity contribution in [2.75, 3.05) is 18.9 Å². The average molecular weight is 603 g/mol. The number of aromatic amines is 2. The molecule has 2 rings (SSSR count). The van der Waals surface area contributed by atoms with Crippen LogP contribution in [0.5, 0.6) is 0 Å². The molecule has 0 aliphatic carbocycles. The van der Waals surface area contributed by atoms with E-state index >= 15 is 0 Å². The predicted molar refractivity (Wildman–Crippen MR) is 170 cm³/mol. The first-order valence-electron chi connectivity index (χ1n) is 16.2. The molecule has 0 bridgehead atoms. The van der Waals surface area contributed by atoms with Gasteiger partial charge in [0.15, 0.2) is 11.2 Å². The van der Waals surface area contributed by atoms with Gasteiger partial charge in [0.1, 0.15) is 11.9 Å². The number of rotatable bonds is 23. The molecule has 11 heteroatoms. The number of allylic oxidation sites excluding steroid dienone is 2. The van der Waals surface area contributed by atoms with Crippen LogP contribution in [0.4, 0.5) is 5.95 Å². The Morgan fingerprint density at radius 1 is 0.930 bits per heavy atom. The lowest BCUT2D eigenvalue weighted by atomic mass is 10.0. The first-order chi connectivity index (χ1) is 20.7. The third-order valence-electron chi connectivity index (χ3n) is 7.83. The van der Waals surface area contributed by atoms with Gasteiger partial charge in [-0.1, -0.05) is 77.9 Å². The van der Waals surface area contributed by atoms with Crippen molar-refractivity contribution in [2.45, 2.75) is 123 Å². The number of hydrogen-bond acceptors (Lipinski definition) is 9. The molecule has 0 saturated heterocycles. The average Bonchev–Trinajstić information content (AvgIpc) is 3.39. The number of nitrogen functional groups attached to an aromatic ring is 1. The van der Waals surface area contributed by atoms with Crippen LogP contribution < -0.4 is 17.0 Å². The molecule has 2 heterocycles. The molecule has 0 aliphatic heterocycles. The summed E-state index contributed by atoms with van der Waals surface area (Å²) in [7, 11) is 0. The van der Waals surface area contributed by atoms with Crippen LogP contribution >= 0.6 is 0 Å². The predicted octanol–water partition coefficient (Wildman–Crippen LogP) is 5.49. The Balaban J connectivity index is 1.76. The number of fused-ring (bicyclic) bond motifs is 1. The van der Waals surface area contributed by atoms with E-state index in [9.17, 15) is 14.4 Å². The highest BCUT2D eigenvalue weighted by molar-refractivity contribution is 5.75. The fraction of sp³-hybridized carbons (Fsp3) is 0.719. The molecule has 1 unspecified atom stereocenters. The van der Waals surface area contributed by atoms with E-state index in [1.165, 1.54) is 38.5 Å². The molecule has 242 valence electrons. The quantitative estimate of drug-likeness (QED) is 0.0726. The lowest BCUT2D eigenvalue weighted by molar-refractivity contribution is -0.149. The summed E-state index contributed by atoms with van der Waals surface area (Å²) in [5, 5.41) is 0. The number of unbranched alkanes of at least 4 members (excludes halogenated alkanes) is 9. The number of hydrogen-bond donors (Lipinski definition) is 4. The van der Waals surface area contributed by atoms with Crippen LogP contribution in [0.25, 0.3) is 11.2 Å². The van der Waals surface area contributed by atoms with Crippen LogP contribution in [-0.2, 0) is 25.5 Å². The third-order valence-corrected chi connectivity index (χ3v) is 7.83. The topological polar surface area (TPSA) is 179 Å². The van der Waals surface area contributed by atoms with E-state index in [1.807, 2.05) is 13.8 Å². The van der Waals surface area contributed by atoms with Gasteiger partial charge in [0.2, 0.25) is 5.95 Å². The number of imidazole rings is 1. The normalized spacial score (nSPS) is 13.8. The highest BCUT2D eigenvalue weighted by atomic mass is 16.5. The van der Waals surface area contributed by atoms with Crippen molar-refractivity contribution in [1.82, 2.24) is 19.9 Å². The molecule has 0 amide bonds. The lowest BCUT2D eigenvalue weighted by Crippen LogP contribution is -2.38. The third kappa shape index (κ3) is 14.2. The van der Waals surface area contributed by atoms with Gasteiger partial charge in [-0.2, -0.15) is 4.98 Å². The fourth-order valence-corrected chi connectivity index (χ4v) is 4.76. The van der Waals surface area contributed by atoms with Crippen molar-refractivity contribution >= 4 is 29.1 Å². The number of nitrogens with two attached hydrogens (primary N) is 2. The van der Waals surface area contributed by atoms with Crippen LogP contribution in [0.3, 0.4) is 0 Å². The van der Waals surface area contributed by atoms with E-state index in [1.54, 1.807) is 0 Å². The molecule has 2 aromatic heterocycles. The standard InChI is InChI=1S/C32H54N6O5/c1-4-6-7-8-9-10-11-12-13-14-15-16-17-18-26(39)43-22-24(19-20-42-31(41)27(33)23(3)5-2)21-25-35-28-29(36-25)37-32(34)38-30(28)40/h10-11,23-24,27H,4-9,12-22,33H2,1-3H3,(H4,34,35,36,37,38,40)/t23-,24?,27-/m0/s1. The minimum Gasteiger partial charge on any atom is -0.465 e. The van der Waals surface area contributed by atoms with E-state index in [0.29, 0.717) is 25.1 Å². The van der Waals surface area contributed by atoms with E-state index < -0.39 is 17.6 Å². The number of aromatic nitrogens is 4. The first-order valence-corrected chi connectivity index (χ1v) is 16.2. The second-order valence-corrected chi connectivity index (χ2v) is 11.6. The summed E-state index contributed by atoms with van der Waals surface area (Å²) in [6.45, 7) is 6.38. The van der Waals surface area contributed by atoms with Crippen molar-refractivity contribution in [3.63, 3.8) is 0 Å². The van der Waals surface area contributed by atoms with Gasteiger partial charge >= 0.3 is 11.9 Å². The summed E-state index contributed by atoms with van der Waals surface area (Å²) >= 11 is 0. The molecular formula is C32H54N6O5. The zero-order valence-corrected chi connectivity index (χ0v) is 26.5. The smallest absolute Gasteiger partial charge is 0.323 e. The summed E-state index contributed by atoms with van der Waals surface area (Å²) < 4.78 is 11.0. The fourth-order valence-electron chi connectivity index (χ4n) is 4.76. The Labute approximate surface area is 256 Å². The molecule has 11 nitrogen and oxygen atoms in total. The second-order valence-electron chi connectivity index (χ2n) is 11.6. The van der Waals surface area contributed by atoms with Gasteiger partial charge in [-0.15, -0.1) is 0 Å². The zero-order chi connectivity index (χ0) is 31.5. The van der Waals surface area contributed by atoms with Gasteiger partial charge < -0.3 is 25.9 Å². The number of nitrogens with one attached hydrogen (secondary N) is 2. The Kier molecular flexibility index (Phi) is 17.3. The second kappa shape index (κ2) is 20.7. The van der Waals surface area contributed by atoms with E-state index in [-0.39, 0.29) is 48.1 Å². The van der Waals surface area contributed by atoms with Crippen molar-refractivity contribution in [3.8, 4) is 0 Å². The van der Waals surface area contributed by atoms with E-state index in [4.69, 9.17) is 20.9 Å². The summed E-state index contributed by atoms with van der Waals surface area (Å²) in [6, 6.07) is -0.684. The highest BCUT2D eigenvalue weighted by Gasteiger charge is 2.22. The molecule has 3 atom stereocenters. The van der Waals surface area contributed by atoms with Crippen LogP contribution in [0.2, 0.25) is 0 Å². The van der Waals surface area contributed by atoms with Crippen molar-refractivity contribution in [3.05, 3.63) is 28.3 Å². The summed E-state index contributed by atoms with van der Waals surface area (Å²) in [4.78, 5) is 50.9. The molecule has 6 N–H and O–H groups in total. The molecule has 0 saturated carbocycles. The first kappa shape index (κ1) is 36.0. The number of carbonyl (C=O) groups excluding carboxylic acids is 2. The molecule has 0 fully saturated rings. The van der Waals surface area contributed by atoms with Crippen molar-refractivity contribution < 1.29 is 19.1 Å². The molecule has 2 aromatic rings. The Hall–Kier alpha value is -3.21. The SMILES string of the molecule is CCCCCCC=CCCCCCCCC(=O)OCC(CCOC(=O)[C@@H](N)[C@@H](C)CC)Cc1nc2nc(N)[nH]c(=O)c2[nH]1. The molecule has 0 aliphatic rings. The highest BCUT2D eigenvalue weighted by Crippen LogP contribution is 2.16. The van der Waals surface area contributed by atoms with Gasteiger partial charge in [0.25, 0.3) is 5.56 Å². The molecule has 0 radical (unpaired) electrons. The molecule has 0 aromatic carbocycles. The Morgan fingerprint density at radius 2 is 1.60 bits per heavy atom. The van der Waals surface area contributed by atoms with Crippen molar-refractivity contribution in [1.29, 1.82) is 0 Å². The Bertz CT molecular complexity index is 1180. The number of anilines is 1. The number of H-pyrrole nitrogens is 2. The minimum atomic E-state index is -0.684. The van der Waals surface area contributed by atoms with Gasteiger partial charge in [-0.25, -0.2) is 4.98 Å². The monoisotopic (exact) mass is 602 g/mol. The zero-order valence-electron chi connectivity index (χ0n) is 26.5. The van der Waals surface area contributed by atoms with Gasteiger partial charge in [0.05, 0.1) is 13.2 Å². The van der Waals surface area contributed by atoms with Gasteiger partial charge in [-0.05, 0) is 44.4 Å². The van der Waals surface area contributed by atoms with Crippen LogP contribution in [0.15, 0.2) is 16.9 Å². The molecule has 43 heavy (non-hydrogen) atoms.